The van der Waals surface area contributed by atoms with E-state index in [0.29, 0.717) is 5.75 Å². The van der Waals surface area contributed by atoms with Crippen LogP contribution in [0.2, 0.25) is 0 Å². The highest BCUT2D eigenvalue weighted by atomic mass is 32.2. The van der Waals surface area contributed by atoms with Crippen molar-refractivity contribution in [2.75, 3.05) is 18.6 Å². The monoisotopic (exact) mass is 211 g/mol. The van der Waals surface area contributed by atoms with Gasteiger partial charge in [-0.15, -0.1) is 0 Å². The minimum absolute atomic E-state index is 0.330. The van der Waals surface area contributed by atoms with Crippen molar-refractivity contribution in [3.63, 3.8) is 0 Å². The highest BCUT2D eigenvalue weighted by Crippen LogP contribution is 2.09. The van der Waals surface area contributed by atoms with Crippen molar-refractivity contribution < 1.29 is 5.11 Å². The van der Waals surface area contributed by atoms with E-state index in [1.54, 1.807) is 12.1 Å². The quantitative estimate of drug-likeness (QED) is 0.708. The summed E-state index contributed by atoms with van der Waals surface area (Å²) in [5.41, 5.74) is 1.21. The molecule has 2 N–H and O–H groups in total. The number of thioether (sulfide) groups is 1. The summed E-state index contributed by atoms with van der Waals surface area (Å²) in [4.78, 5) is 0. The van der Waals surface area contributed by atoms with E-state index in [0.717, 1.165) is 13.1 Å². The fourth-order valence-corrected chi connectivity index (χ4v) is 1.62. The van der Waals surface area contributed by atoms with Gasteiger partial charge in [-0.3, -0.25) is 0 Å². The smallest absolute Gasteiger partial charge is 0.115 e. The van der Waals surface area contributed by atoms with Crippen molar-refractivity contribution in [1.82, 2.24) is 5.32 Å². The molecule has 0 aliphatic heterocycles. The lowest BCUT2D eigenvalue weighted by atomic mass is 10.2. The molecule has 0 amide bonds. The molecule has 0 aliphatic rings. The molecule has 3 heteroatoms. The summed E-state index contributed by atoms with van der Waals surface area (Å²) in [6.45, 7) is 1.94. The van der Waals surface area contributed by atoms with Crippen molar-refractivity contribution in [2.24, 2.45) is 0 Å². The number of hydrogen-bond acceptors (Lipinski definition) is 3. The second-order valence-electron chi connectivity index (χ2n) is 3.19. The second kappa shape index (κ2) is 6.74. The summed E-state index contributed by atoms with van der Waals surface area (Å²) in [6, 6.07) is 7.33. The van der Waals surface area contributed by atoms with E-state index in [9.17, 15) is 0 Å². The lowest BCUT2D eigenvalue weighted by Gasteiger charge is -2.04. The number of phenolic OH excluding ortho intramolecular Hbond substituents is 1. The molecule has 0 aliphatic carbocycles. The molecule has 78 valence electrons. The van der Waals surface area contributed by atoms with Crippen molar-refractivity contribution in [3.05, 3.63) is 29.8 Å². The summed E-state index contributed by atoms with van der Waals surface area (Å²) in [5, 5.41) is 12.4. The summed E-state index contributed by atoms with van der Waals surface area (Å²) < 4.78 is 0. The van der Waals surface area contributed by atoms with Crippen LogP contribution in [0.3, 0.4) is 0 Å². The Kier molecular flexibility index (Phi) is 5.49. The van der Waals surface area contributed by atoms with E-state index in [1.165, 1.54) is 17.7 Å². The zero-order valence-electron chi connectivity index (χ0n) is 8.49. The van der Waals surface area contributed by atoms with Crippen LogP contribution in [0.1, 0.15) is 12.0 Å². The molecule has 0 heterocycles. The molecule has 0 aromatic heterocycles. The van der Waals surface area contributed by atoms with Gasteiger partial charge in [0.15, 0.2) is 0 Å². The van der Waals surface area contributed by atoms with E-state index in [4.69, 9.17) is 5.11 Å². The first-order valence-corrected chi connectivity index (χ1v) is 6.20. The van der Waals surface area contributed by atoms with Gasteiger partial charge in [0.1, 0.15) is 5.75 Å². The van der Waals surface area contributed by atoms with Crippen LogP contribution in [0.5, 0.6) is 5.75 Å². The molecule has 1 rings (SSSR count). The lowest BCUT2D eigenvalue weighted by molar-refractivity contribution is 0.475. The molecule has 0 saturated heterocycles. The fourth-order valence-electron chi connectivity index (χ4n) is 1.19. The first-order valence-electron chi connectivity index (χ1n) is 4.80. The fraction of sp³-hybridized carbons (Fsp3) is 0.455. The van der Waals surface area contributed by atoms with Gasteiger partial charge in [-0.05, 0) is 42.7 Å². The Morgan fingerprint density at radius 2 is 2.00 bits per heavy atom. The Morgan fingerprint density at radius 3 is 2.64 bits per heavy atom. The highest BCUT2D eigenvalue weighted by Gasteiger charge is 1.92. The number of rotatable bonds is 6. The molecule has 1 aromatic carbocycles. The van der Waals surface area contributed by atoms with Crippen molar-refractivity contribution in [1.29, 1.82) is 0 Å². The van der Waals surface area contributed by atoms with Crippen LogP contribution in [0.15, 0.2) is 24.3 Å². The second-order valence-corrected chi connectivity index (χ2v) is 4.18. The van der Waals surface area contributed by atoms with E-state index in [-0.39, 0.29) is 0 Å². The van der Waals surface area contributed by atoms with E-state index < -0.39 is 0 Å². The van der Waals surface area contributed by atoms with Gasteiger partial charge in [-0.2, -0.15) is 11.8 Å². The summed E-state index contributed by atoms with van der Waals surface area (Å²) in [5.74, 6) is 1.54. The van der Waals surface area contributed by atoms with Crippen LogP contribution in [0, 0.1) is 0 Å². The van der Waals surface area contributed by atoms with Gasteiger partial charge in [0.25, 0.3) is 0 Å². The largest absolute Gasteiger partial charge is 0.508 e. The number of nitrogens with one attached hydrogen (secondary N) is 1. The van der Waals surface area contributed by atoms with Gasteiger partial charge >= 0.3 is 0 Å². The number of aromatic hydroxyl groups is 1. The Morgan fingerprint density at radius 1 is 1.29 bits per heavy atom. The predicted molar refractivity (Wildman–Crippen MR) is 62.8 cm³/mol. The van der Waals surface area contributed by atoms with Gasteiger partial charge in [0.2, 0.25) is 0 Å². The van der Waals surface area contributed by atoms with E-state index >= 15 is 0 Å². The predicted octanol–water partition coefficient (Wildman–Crippen LogP) is 2.23. The normalized spacial score (nSPS) is 10.4. The molecule has 0 spiro atoms. The molecule has 14 heavy (non-hydrogen) atoms. The van der Waals surface area contributed by atoms with Crippen LogP contribution >= 0.6 is 11.8 Å². The summed E-state index contributed by atoms with van der Waals surface area (Å²) in [7, 11) is 0. The molecule has 0 atom stereocenters. The third kappa shape index (κ3) is 4.53. The van der Waals surface area contributed by atoms with Gasteiger partial charge < -0.3 is 10.4 Å². The molecule has 0 saturated carbocycles. The van der Waals surface area contributed by atoms with Gasteiger partial charge in [-0.1, -0.05) is 12.1 Å². The average Bonchev–Trinajstić information content (AvgIpc) is 2.21. The topological polar surface area (TPSA) is 32.3 Å². The number of hydrogen-bond donors (Lipinski definition) is 2. The Labute approximate surface area is 89.7 Å². The molecule has 0 unspecified atom stereocenters. The zero-order valence-corrected chi connectivity index (χ0v) is 9.31. The minimum atomic E-state index is 0.330. The van der Waals surface area contributed by atoms with Crippen LogP contribution in [-0.2, 0) is 6.54 Å². The molecule has 1 aromatic rings. The maximum absolute atomic E-state index is 9.08. The van der Waals surface area contributed by atoms with Crippen LogP contribution in [0.4, 0.5) is 0 Å². The highest BCUT2D eigenvalue weighted by molar-refractivity contribution is 7.98. The molecular weight excluding hydrogens is 194 g/mol. The molecular formula is C11H17NOS. The maximum Gasteiger partial charge on any atom is 0.115 e. The number of benzene rings is 1. The molecule has 2 nitrogen and oxygen atoms in total. The standard InChI is InChI=1S/C11H17NOS/c1-14-8-2-7-12-9-10-3-5-11(13)6-4-10/h3-6,12-13H,2,7-9H2,1H3. The SMILES string of the molecule is CSCCCNCc1ccc(O)cc1. The average molecular weight is 211 g/mol. The lowest BCUT2D eigenvalue weighted by Crippen LogP contribution is -2.15. The summed E-state index contributed by atoms with van der Waals surface area (Å²) in [6.07, 6.45) is 3.33. The van der Waals surface area contributed by atoms with Gasteiger partial charge in [0, 0.05) is 6.54 Å². The summed E-state index contributed by atoms with van der Waals surface area (Å²) >= 11 is 1.88. The van der Waals surface area contributed by atoms with Crippen LogP contribution < -0.4 is 5.32 Å². The van der Waals surface area contributed by atoms with Crippen LogP contribution in [-0.4, -0.2) is 23.7 Å². The van der Waals surface area contributed by atoms with Gasteiger partial charge in [-0.25, -0.2) is 0 Å². The zero-order chi connectivity index (χ0) is 10.2. The minimum Gasteiger partial charge on any atom is -0.508 e. The molecule has 0 bridgehead atoms. The Hall–Kier alpha value is -0.670. The van der Waals surface area contributed by atoms with Crippen molar-refractivity contribution >= 4 is 11.8 Å². The molecule has 0 fully saturated rings. The first kappa shape index (κ1) is 11.4. The van der Waals surface area contributed by atoms with E-state index in [2.05, 4.69) is 11.6 Å². The van der Waals surface area contributed by atoms with Crippen molar-refractivity contribution in [3.8, 4) is 5.75 Å². The third-order valence-electron chi connectivity index (χ3n) is 1.97. The molecule has 0 radical (unpaired) electrons. The Balaban J connectivity index is 2.15. The van der Waals surface area contributed by atoms with Crippen LogP contribution in [0.25, 0.3) is 0 Å². The van der Waals surface area contributed by atoms with E-state index in [1.807, 2.05) is 23.9 Å². The Bertz CT molecular complexity index is 248. The number of phenols is 1. The first-order chi connectivity index (χ1) is 6.83. The maximum atomic E-state index is 9.08. The van der Waals surface area contributed by atoms with Crippen molar-refractivity contribution in [2.45, 2.75) is 13.0 Å². The third-order valence-corrected chi connectivity index (χ3v) is 2.66. The van der Waals surface area contributed by atoms with Gasteiger partial charge in [0.05, 0.1) is 0 Å².